The van der Waals surface area contributed by atoms with Crippen molar-refractivity contribution in [3.63, 3.8) is 0 Å². The van der Waals surface area contributed by atoms with Gasteiger partial charge in [0.05, 0.1) is 5.52 Å². The van der Waals surface area contributed by atoms with E-state index in [4.69, 9.17) is 9.26 Å². The molecule has 0 N–H and O–H groups in total. The van der Waals surface area contributed by atoms with E-state index in [-0.39, 0.29) is 17.7 Å². The van der Waals surface area contributed by atoms with Gasteiger partial charge in [-0.15, -0.1) is 0 Å². The van der Waals surface area contributed by atoms with Crippen LogP contribution in [-0.4, -0.2) is 55.9 Å². The van der Waals surface area contributed by atoms with Gasteiger partial charge in [-0.25, -0.2) is 0 Å². The SMILES string of the molecule is C[C@H]1CC(=O)N(Cc2ccc(-c3nc([C@H]4CC(=O)N(C5CC5)C4)no3)cc2Oc2ccc3ncccc3c2)C1. The Morgan fingerprint density at radius 3 is 2.74 bits per heavy atom. The number of carbonyl (C=O) groups excluding carboxylic acids is 2. The predicted molar refractivity (Wildman–Crippen MR) is 143 cm³/mol. The summed E-state index contributed by atoms with van der Waals surface area (Å²) in [6.45, 7) is 3.93. The van der Waals surface area contributed by atoms with Crippen molar-refractivity contribution < 1.29 is 18.8 Å². The summed E-state index contributed by atoms with van der Waals surface area (Å²) in [5.74, 6) is 2.85. The molecule has 0 unspecified atom stereocenters. The average Bonchev–Trinajstić information content (AvgIpc) is 3.37. The molecule has 0 radical (unpaired) electrons. The van der Waals surface area contributed by atoms with Gasteiger partial charge >= 0.3 is 0 Å². The molecular formula is C30H29N5O4. The molecule has 7 rings (SSSR count). The molecule has 2 aromatic heterocycles. The van der Waals surface area contributed by atoms with Crippen molar-refractivity contribution in [2.75, 3.05) is 13.1 Å². The van der Waals surface area contributed by atoms with Crippen LogP contribution in [0.5, 0.6) is 11.5 Å². The molecule has 198 valence electrons. The largest absolute Gasteiger partial charge is 0.457 e. The van der Waals surface area contributed by atoms with Gasteiger partial charge in [-0.05, 0) is 55.2 Å². The first-order valence-corrected chi connectivity index (χ1v) is 13.6. The third kappa shape index (κ3) is 4.73. The van der Waals surface area contributed by atoms with Crippen LogP contribution in [0, 0.1) is 5.92 Å². The van der Waals surface area contributed by atoms with Crippen molar-refractivity contribution in [1.29, 1.82) is 0 Å². The first-order chi connectivity index (χ1) is 19.0. The molecular weight excluding hydrogens is 494 g/mol. The Morgan fingerprint density at radius 1 is 1.03 bits per heavy atom. The van der Waals surface area contributed by atoms with Crippen molar-refractivity contribution in [2.45, 2.75) is 51.1 Å². The zero-order chi connectivity index (χ0) is 26.5. The zero-order valence-corrected chi connectivity index (χ0v) is 21.7. The summed E-state index contributed by atoms with van der Waals surface area (Å²) in [6, 6.07) is 15.8. The van der Waals surface area contributed by atoms with Gasteiger partial charge in [0.1, 0.15) is 11.5 Å². The Labute approximate surface area is 225 Å². The highest BCUT2D eigenvalue weighted by Crippen LogP contribution is 2.37. The van der Waals surface area contributed by atoms with E-state index in [1.807, 2.05) is 58.3 Å². The molecule has 0 spiro atoms. The Hall–Kier alpha value is -4.27. The number of likely N-dealkylation sites (tertiary alicyclic amines) is 2. The third-order valence-corrected chi connectivity index (χ3v) is 7.84. The van der Waals surface area contributed by atoms with E-state index in [0.717, 1.165) is 41.4 Å². The maximum Gasteiger partial charge on any atom is 0.258 e. The zero-order valence-electron chi connectivity index (χ0n) is 21.7. The van der Waals surface area contributed by atoms with E-state index in [9.17, 15) is 9.59 Å². The minimum Gasteiger partial charge on any atom is -0.457 e. The molecule has 3 aliphatic rings. The molecule has 1 saturated carbocycles. The molecule has 1 aliphatic carbocycles. The van der Waals surface area contributed by atoms with Gasteiger partial charge in [0.2, 0.25) is 11.8 Å². The number of hydrogen-bond acceptors (Lipinski definition) is 7. The number of pyridine rings is 1. The highest BCUT2D eigenvalue weighted by atomic mass is 16.5. The van der Waals surface area contributed by atoms with Gasteiger partial charge in [0, 0.05) is 67.1 Å². The van der Waals surface area contributed by atoms with Crippen LogP contribution in [0.15, 0.2) is 59.3 Å². The molecule has 4 heterocycles. The fourth-order valence-corrected chi connectivity index (χ4v) is 5.65. The second-order valence-electron chi connectivity index (χ2n) is 11.0. The van der Waals surface area contributed by atoms with Gasteiger partial charge < -0.3 is 19.1 Å². The van der Waals surface area contributed by atoms with Gasteiger partial charge in [-0.2, -0.15) is 4.98 Å². The Kier molecular flexibility index (Phi) is 5.79. The number of benzene rings is 2. The van der Waals surface area contributed by atoms with Crippen molar-refractivity contribution >= 4 is 22.7 Å². The molecule has 0 bridgehead atoms. The lowest BCUT2D eigenvalue weighted by molar-refractivity contribution is -0.129. The number of carbonyl (C=O) groups is 2. The number of ether oxygens (including phenoxy) is 1. The molecule has 2 amide bonds. The summed E-state index contributed by atoms with van der Waals surface area (Å²) >= 11 is 0. The molecule has 2 aliphatic heterocycles. The highest BCUT2D eigenvalue weighted by Gasteiger charge is 2.41. The monoisotopic (exact) mass is 523 g/mol. The molecule has 2 atom stereocenters. The number of amides is 2. The Balaban J connectivity index is 1.19. The van der Waals surface area contributed by atoms with Crippen LogP contribution in [-0.2, 0) is 16.1 Å². The lowest BCUT2D eigenvalue weighted by atomic mass is 10.1. The Bertz CT molecular complexity index is 1580. The molecule has 2 aromatic carbocycles. The fourth-order valence-electron chi connectivity index (χ4n) is 5.65. The smallest absolute Gasteiger partial charge is 0.258 e. The van der Waals surface area contributed by atoms with E-state index in [1.165, 1.54) is 0 Å². The minimum absolute atomic E-state index is 0.0556. The van der Waals surface area contributed by atoms with E-state index in [0.29, 0.717) is 61.1 Å². The van der Waals surface area contributed by atoms with Crippen LogP contribution in [0.25, 0.3) is 22.4 Å². The quantitative estimate of drug-likeness (QED) is 0.339. The number of rotatable bonds is 7. The predicted octanol–water partition coefficient (Wildman–Crippen LogP) is 4.92. The van der Waals surface area contributed by atoms with Crippen LogP contribution < -0.4 is 4.74 Å². The molecule has 39 heavy (non-hydrogen) atoms. The van der Waals surface area contributed by atoms with Gasteiger partial charge in [0.25, 0.3) is 5.89 Å². The van der Waals surface area contributed by atoms with E-state index in [2.05, 4.69) is 22.0 Å². The topological polar surface area (TPSA) is 102 Å². The second-order valence-corrected chi connectivity index (χ2v) is 11.0. The van der Waals surface area contributed by atoms with Gasteiger partial charge in [0.15, 0.2) is 5.82 Å². The number of hydrogen-bond donors (Lipinski definition) is 0. The van der Waals surface area contributed by atoms with E-state index < -0.39 is 0 Å². The van der Waals surface area contributed by atoms with Crippen LogP contribution in [0.3, 0.4) is 0 Å². The fraction of sp³-hybridized carbons (Fsp3) is 0.367. The van der Waals surface area contributed by atoms with Crippen LogP contribution in [0.4, 0.5) is 0 Å². The van der Waals surface area contributed by atoms with Crippen LogP contribution in [0.1, 0.15) is 49.9 Å². The lowest BCUT2D eigenvalue weighted by Gasteiger charge is -2.19. The highest BCUT2D eigenvalue weighted by molar-refractivity contribution is 5.81. The van der Waals surface area contributed by atoms with E-state index >= 15 is 0 Å². The average molecular weight is 524 g/mol. The number of fused-ring (bicyclic) bond motifs is 1. The normalized spacial score (nSPS) is 21.4. The van der Waals surface area contributed by atoms with Crippen LogP contribution in [0.2, 0.25) is 0 Å². The number of aromatic nitrogens is 3. The summed E-state index contributed by atoms with van der Waals surface area (Å²) in [7, 11) is 0. The maximum absolute atomic E-state index is 12.5. The van der Waals surface area contributed by atoms with Crippen molar-refractivity contribution in [3.8, 4) is 23.0 Å². The number of nitrogens with zero attached hydrogens (tertiary/aromatic N) is 5. The van der Waals surface area contributed by atoms with Crippen molar-refractivity contribution in [3.05, 3.63) is 66.1 Å². The molecule has 3 fully saturated rings. The first kappa shape index (κ1) is 23.8. The standard InChI is InChI=1S/C30H29N5O4/c1-18-11-27(36)34(15-18)16-21-5-4-20(13-26(21)38-24-8-9-25-19(12-24)3-2-10-31-25)30-32-29(33-39-30)22-14-28(37)35(17-22)23-6-7-23/h2-5,8-10,12-13,18,22-23H,6-7,11,14-17H2,1H3/t18-,22-/m0/s1. The summed E-state index contributed by atoms with van der Waals surface area (Å²) in [5.41, 5.74) is 2.51. The van der Waals surface area contributed by atoms with E-state index in [1.54, 1.807) is 6.20 Å². The molecule has 4 aromatic rings. The van der Waals surface area contributed by atoms with Crippen molar-refractivity contribution in [1.82, 2.24) is 24.9 Å². The minimum atomic E-state index is -0.0556. The summed E-state index contributed by atoms with van der Waals surface area (Å²) in [6.07, 6.45) is 4.92. The molecule has 9 heteroatoms. The van der Waals surface area contributed by atoms with Gasteiger partial charge in [-0.1, -0.05) is 24.2 Å². The summed E-state index contributed by atoms with van der Waals surface area (Å²) < 4.78 is 12.1. The van der Waals surface area contributed by atoms with Crippen LogP contribution >= 0.6 is 0 Å². The van der Waals surface area contributed by atoms with Gasteiger partial charge in [-0.3, -0.25) is 14.6 Å². The summed E-state index contributed by atoms with van der Waals surface area (Å²) in [4.78, 5) is 37.9. The molecule has 2 saturated heterocycles. The lowest BCUT2D eigenvalue weighted by Crippen LogP contribution is -2.27. The maximum atomic E-state index is 12.5. The first-order valence-electron chi connectivity index (χ1n) is 13.6. The van der Waals surface area contributed by atoms with Crippen molar-refractivity contribution in [2.24, 2.45) is 5.92 Å². The summed E-state index contributed by atoms with van der Waals surface area (Å²) in [5, 5.41) is 5.21. The third-order valence-electron chi connectivity index (χ3n) is 7.84. The molecule has 9 nitrogen and oxygen atoms in total. The second kappa shape index (κ2) is 9.48. The Morgan fingerprint density at radius 2 is 1.92 bits per heavy atom.